The summed E-state index contributed by atoms with van der Waals surface area (Å²) in [6.07, 6.45) is 7.33. The van der Waals surface area contributed by atoms with Crippen molar-refractivity contribution in [2.24, 2.45) is 5.41 Å². The van der Waals surface area contributed by atoms with E-state index in [2.05, 4.69) is 29.2 Å². The van der Waals surface area contributed by atoms with Crippen molar-refractivity contribution in [2.45, 2.75) is 57.0 Å². The summed E-state index contributed by atoms with van der Waals surface area (Å²) in [5.74, 6) is 0.409. The Morgan fingerprint density at radius 1 is 1.11 bits per heavy atom. The highest BCUT2D eigenvalue weighted by Gasteiger charge is 2.62. The van der Waals surface area contributed by atoms with Crippen LogP contribution in [-0.4, -0.2) is 54.5 Å². The van der Waals surface area contributed by atoms with Crippen molar-refractivity contribution < 1.29 is 14.3 Å². The maximum Gasteiger partial charge on any atom is 0.248 e. The molecule has 0 bridgehead atoms. The number of carbonyl (C=O) groups excluding carboxylic acids is 2. The van der Waals surface area contributed by atoms with Gasteiger partial charge in [-0.25, -0.2) is 0 Å². The van der Waals surface area contributed by atoms with Gasteiger partial charge in [-0.15, -0.1) is 0 Å². The van der Waals surface area contributed by atoms with Crippen LogP contribution in [0, 0.1) is 5.41 Å². The topological polar surface area (TPSA) is 49.9 Å². The van der Waals surface area contributed by atoms with Crippen LogP contribution in [0.25, 0.3) is 0 Å². The highest BCUT2D eigenvalue weighted by atomic mass is 16.5. The van der Waals surface area contributed by atoms with E-state index in [1.807, 2.05) is 11.0 Å². The van der Waals surface area contributed by atoms with Gasteiger partial charge < -0.3 is 14.5 Å². The van der Waals surface area contributed by atoms with Gasteiger partial charge in [-0.2, -0.15) is 0 Å². The molecule has 1 aromatic rings. The van der Waals surface area contributed by atoms with E-state index in [1.54, 1.807) is 7.11 Å². The quantitative estimate of drug-likeness (QED) is 0.765. The molecule has 5 nitrogen and oxygen atoms in total. The molecule has 2 heterocycles. The predicted octanol–water partition coefficient (Wildman–Crippen LogP) is 3.16. The molecular weight excluding hydrogens is 340 g/mol. The van der Waals surface area contributed by atoms with E-state index in [1.165, 1.54) is 12.0 Å². The Morgan fingerprint density at radius 3 is 2.41 bits per heavy atom. The normalized spacial score (nSPS) is 25.5. The van der Waals surface area contributed by atoms with Crippen molar-refractivity contribution >= 4 is 11.8 Å². The molecule has 146 valence electrons. The van der Waals surface area contributed by atoms with Gasteiger partial charge in [0.15, 0.2) is 0 Å². The van der Waals surface area contributed by atoms with E-state index in [-0.39, 0.29) is 30.0 Å². The van der Waals surface area contributed by atoms with Crippen LogP contribution in [0.3, 0.4) is 0 Å². The van der Waals surface area contributed by atoms with Crippen molar-refractivity contribution in [1.82, 2.24) is 9.80 Å². The highest BCUT2D eigenvalue weighted by Crippen LogP contribution is 2.59. The molecule has 2 amide bonds. The number of benzene rings is 1. The molecular formula is C22H30N2O3. The standard InChI is InChI=1S/C22H30N2O3/c1-27-16-19(25)23-14-10-18(11-15-23)24-20(17-8-4-2-5-9-17)22(21(24)26)12-6-3-7-13-22/h2,4-5,8-9,18,20H,3,6-7,10-16H2,1H3. The Kier molecular flexibility index (Phi) is 5.22. The second kappa shape index (κ2) is 7.63. The molecule has 1 aliphatic carbocycles. The molecule has 4 rings (SSSR count). The third-order valence-corrected chi connectivity index (χ3v) is 6.80. The molecule has 1 spiro atoms. The van der Waals surface area contributed by atoms with Crippen LogP contribution in [0.5, 0.6) is 0 Å². The van der Waals surface area contributed by atoms with Crippen LogP contribution in [0.4, 0.5) is 0 Å². The average molecular weight is 370 g/mol. The first kappa shape index (κ1) is 18.5. The van der Waals surface area contributed by atoms with Gasteiger partial charge in [0.2, 0.25) is 11.8 Å². The van der Waals surface area contributed by atoms with E-state index < -0.39 is 0 Å². The van der Waals surface area contributed by atoms with E-state index in [0.717, 1.165) is 38.5 Å². The van der Waals surface area contributed by atoms with Crippen molar-refractivity contribution in [1.29, 1.82) is 0 Å². The molecule has 3 aliphatic rings. The minimum Gasteiger partial charge on any atom is -0.375 e. The van der Waals surface area contributed by atoms with E-state index in [4.69, 9.17) is 4.74 Å². The summed E-state index contributed by atoms with van der Waals surface area (Å²) in [6.45, 7) is 1.57. The van der Waals surface area contributed by atoms with Gasteiger partial charge in [-0.05, 0) is 31.2 Å². The average Bonchev–Trinajstić information content (AvgIpc) is 2.73. The third-order valence-electron chi connectivity index (χ3n) is 6.80. The lowest BCUT2D eigenvalue weighted by atomic mass is 9.59. The van der Waals surface area contributed by atoms with Gasteiger partial charge in [0.05, 0.1) is 11.5 Å². The van der Waals surface area contributed by atoms with Crippen LogP contribution in [0.2, 0.25) is 0 Å². The maximum absolute atomic E-state index is 13.4. The number of methoxy groups -OCH3 is 1. The number of nitrogens with zero attached hydrogens (tertiary/aromatic N) is 2. The number of rotatable bonds is 4. The number of hydrogen-bond acceptors (Lipinski definition) is 3. The summed E-state index contributed by atoms with van der Waals surface area (Å²) in [5.41, 5.74) is 1.10. The SMILES string of the molecule is COCC(=O)N1CCC(N2C(=O)C3(CCCCC3)C2c2ccccc2)CC1. The van der Waals surface area contributed by atoms with Gasteiger partial charge in [0.1, 0.15) is 6.61 Å². The first-order valence-electron chi connectivity index (χ1n) is 10.3. The smallest absolute Gasteiger partial charge is 0.248 e. The van der Waals surface area contributed by atoms with E-state index in [9.17, 15) is 9.59 Å². The Labute approximate surface area is 161 Å². The second-order valence-corrected chi connectivity index (χ2v) is 8.29. The number of carbonyl (C=O) groups is 2. The predicted molar refractivity (Wildman–Crippen MR) is 103 cm³/mol. The van der Waals surface area contributed by atoms with Crippen LogP contribution < -0.4 is 0 Å². The minimum absolute atomic E-state index is 0.0502. The number of hydrogen-bond donors (Lipinski definition) is 0. The third kappa shape index (κ3) is 3.16. The molecule has 5 heteroatoms. The molecule has 1 aromatic carbocycles. The molecule has 0 N–H and O–H groups in total. The van der Waals surface area contributed by atoms with Crippen LogP contribution in [-0.2, 0) is 14.3 Å². The molecule has 2 aliphatic heterocycles. The molecule has 3 fully saturated rings. The van der Waals surface area contributed by atoms with Gasteiger partial charge in [0.25, 0.3) is 0 Å². The Balaban J connectivity index is 1.52. The molecule has 1 unspecified atom stereocenters. The van der Waals surface area contributed by atoms with Crippen molar-refractivity contribution in [2.75, 3.05) is 26.8 Å². The summed E-state index contributed by atoms with van der Waals surface area (Å²) in [6, 6.07) is 11.0. The second-order valence-electron chi connectivity index (χ2n) is 8.29. The summed E-state index contributed by atoms with van der Waals surface area (Å²) in [5, 5.41) is 0. The van der Waals surface area contributed by atoms with Gasteiger partial charge in [-0.1, -0.05) is 49.6 Å². The maximum atomic E-state index is 13.4. The minimum atomic E-state index is -0.178. The zero-order chi connectivity index (χ0) is 18.9. The summed E-state index contributed by atoms with van der Waals surface area (Å²) in [7, 11) is 1.55. The molecule has 0 radical (unpaired) electrons. The fraction of sp³-hybridized carbons (Fsp3) is 0.636. The lowest BCUT2D eigenvalue weighted by Gasteiger charge is -2.61. The number of piperidine rings is 1. The Bertz CT molecular complexity index is 676. The zero-order valence-corrected chi connectivity index (χ0v) is 16.2. The van der Waals surface area contributed by atoms with Crippen molar-refractivity contribution in [3.05, 3.63) is 35.9 Å². The lowest BCUT2D eigenvalue weighted by molar-refractivity contribution is -0.186. The monoisotopic (exact) mass is 370 g/mol. The van der Waals surface area contributed by atoms with Crippen LogP contribution in [0.15, 0.2) is 30.3 Å². The Hall–Kier alpha value is -1.88. The fourth-order valence-electron chi connectivity index (χ4n) is 5.46. The number of amides is 2. The fourth-order valence-corrected chi connectivity index (χ4v) is 5.46. The molecule has 2 saturated heterocycles. The Morgan fingerprint density at radius 2 is 1.78 bits per heavy atom. The number of ether oxygens (including phenoxy) is 1. The molecule has 27 heavy (non-hydrogen) atoms. The van der Waals surface area contributed by atoms with E-state index >= 15 is 0 Å². The van der Waals surface area contributed by atoms with Crippen LogP contribution >= 0.6 is 0 Å². The summed E-state index contributed by atoms with van der Waals surface area (Å²) in [4.78, 5) is 29.5. The molecule has 1 atom stereocenters. The van der Waals surface area contributed by atoms with Gasteiger partial charge in [0, 0.05) is 26.2 Å². The number of β-lactam (4-membered cyclic amide) rings is 1. The largest absolute Gasteiger partial charge is 0.375 e. The lowest BCUT2D eigenvalue weighted by Crippen LogP contribution is -2.67. The number of likely N-dealkylation sites (tertiary alicyclic amines) is 2. The molecule has 1 saturated carbocycles. The summed E-state index contributed by atoms with van der Waals surface area (Å²) < 4.78 is 4.97. The van der Waals surface area contributed by atoms with Crippen molar-refractivity contribution in [3.63, 3.8) is 0 Å². The van der Waals surface area contributed by atoms with E-state index in [0.29, 0.717) is 19.0 Å². The summed E-state index contributed by atoms with van der Waals surface area (Å²) >= 11 is 0. The first-order valence-corrected chi connectivity index (χ1v) is 10.3. The molecule has 0 aromatic heterocycles. The van der Waals surface area contributed by atoms with Crippen molar-refractivity contribution in [3.8, 4) is 0 Å². The zero-order valence-electron chi connectivity index (χ0n) is 16.2. The first-order chi connectivity index (χ1) is 13.2. The highest BCUT2D eigenvalue weighted by molar-refractivity contribution is 5.91. The van der Waals surface area contributed by atoms with Gasteiger partial charge in [-0.3, -0.25) is 9.59 Å². The van der Waals surface area contributed by atoms with Gasteiger partial charge >= 0.3 is 0 Å². The van der Waals surface area contributed by atoms with Crippen LogP contribution in [0.1, 0.15) is 56.6 Å².